The van der Waals surface area contributed by atoms with Gasteiger partial charge in [0.15, 0.2) is 0 Å². The van der Waals surface area contributed by atoms with Crippen molar-refractivity contribution in [3.63, 3.8) is 0 Å². The summed E-state index contributed by atoms with van der Waals surface area (Å²) < 4.78 is 10.6. The Morgan fingerprint density at radius 1 is 1.16 bits per heavy atom. The van der Waals surface area contributed by atoms with Gasteiger partial charge in [0.1, 0.15) is 0 Å². The van der Waals surface area contributed by atoms with Gasteiger partial charge in [-0.1, -0.05) is 44.9 Å². The van der Waals surface area contributed by atoms with Crippen molar-refractivity contribution in [1.29, 1.82) is 0 Å². The number of aryl methyl sites for hydroxylation is 1. The molecule has 1 aliphatic heterocycles. The van der Waals surface area contributed by atoms with Gasteiger partial charge in [0.05, 0.1) is 25.9 Å². The molecule has 2 aliphatic carbocycles. The van der Waals surface area contributed by atoms with Crippen LogP contribution in [0.4, 0.5) is 0 Å². The number of unbranched alkanes of at least 4 members (excludes halogenated alkanes) is 1. The molecule has 0 aromatic heterocycles. The first kappa shape index (κ1) is 14.5. The molecule has 0 radical (unpaired) electrons. The van der Waals surface area contributed by atoms with Crippen molar-refractivity contribution in [3.05, 3.63) is 34.2 Å². The number of ether oxygens (including phenoxy) is 2. The van der Waals surface area contributed by atoms with Crippen LogP contribution in [0.3, 0.4) is 0 Å². The molecule has 2 nitrogen and oxygen atoms in total. The molecule has 19 heavy (non-hydrogen) atoms. The molecular weight excluding hydrogens is 236 g/mol. The summed E-state index contributed by atoms with van der Waals surface area (Å²) >= 11 is 0. The maximum atomic E-state index is 5.39. The second-order valence-electron chi connectivity index (χ2n) is 5.33. The van der Waals surface area contributed by atoms with Crippen molar-refractivity contribution < 1.29 is 9.47 Å². The van der Waals surface area contributed by atoms with Crippen LogP contribution in [0.25, 0.3) is 0 Å². The lowest BCUT2D eigenvalue weighted by Gasteiger charge is -2.21. The minimum Gasteiger partial charge on any atom is -0.376 e. The third-order valence-corrected chi connectivity index (χ3v) is 3.71. The lowest BCUT2D eigenvalue weighted by Crippen LogP contribution is -2.28. The van der Waals surface area contributed by atoms with Crippen molar-refractivity contribution in [2.75, 3.05) is 19.8 Å². The molecular formula is C17H26O2. The van der Waals surface area contributed by atoms with E-state index < -0.39 is 0 Å². The zero-order chi connectivity index (χ0) is 13.5. The lowest BCUT2D eigenvalue weighted by molar-refractivity contribution is -0.0906. The molecule has 0 aromatic carbocycles. The van der Waals surface area contributed by atoms with Gasteiger partial charge in [-0.25, -0.2) is 0 Å². The highest BCUT2D eigenvalue weighted by Crippen LogP contribution is 2.17. The molecule has 0 aromatic rings. The smallest absolute Gasteiger partial charge is 0.0809 e. The zero-order valence-corrected chi connectivity index (χ0v) is 12.3. The van der Waals surface area contributed by atoms with Crippen molar-refractivity contribution >= 4 is 0 Å². The first-order valence-electron chi connectivity index (χ1n) is 7.67. The molecule has 1 heterocycles. The lowest BCUT2D eigenvalue weighted by atomic mass is 9.95. The first-order chi connectivity index (χ1) is 9.35. The molecule has 1 saturated heterocycles. The van der Waals surface area contributed by atoms with E-state index in [4.69, 9.17) is 9.47 Å². The molecule has 0 N–H and O–H groups in total. The van der Waals surface area contributed by atoms with Crippen LogP contribution in [0, 0.1) is 10.4 Å². The summed E-state index contributed by atoms with van der Waals surface area (Å²) in [4.78, 5) is 0. The average Bonchev–Trinajstić information content (AvgIpc) is 2.43. The fourth-order valence-electron chi connectivity index (χ4n) is 2.47. The van der Waals surface area contributed by atoms with Crippen LogP contribution in [0.2, 0.25) is 0 Å². The van der Waals surface area contributed by atoms with Gasteiger partial charge in [0.2, 0.25) is 0 Å². The summed E-state index contributed by atoms with van der Waals surface area (Å²) in [5.74, 6) is 0. The van der Waals surface area contributed by atoms with Crippen LogP contribution < -0.4 is 0 Å². The van der Waals surface area contributed by atoms with Crippen molar-refractivity contribution in [1.82, 2.24) is 0 Å². The Balaban J connectivity index is 0.000000141. The molecule has 3 rings (SSSR count). The summed E-state index contributed by atoms with van der Waals surface area (Å²) in [7, 11) is 0. The molecule has 0 amide bonds. The second kappa shape index (κ2) is 7.66. The molecule has 0 bridgehead atoms. The van der Waals surface area contributed by atoms with Gasteiger partial charge in [-0.3, -0.25) is 0 Å². The molecule has 106 valence electrons. The van der Waals surface area contributed by atoms with Gasteiger partial charge in [0.25, 0.3) is 0 Å². The van der Waals surface area contributed by atoms with Crippen LogP contribution in [-0.4, -0.2) is 25.9 Å². The van der Waals surface area contributed by atoms with Gasteiger partial charge >= 0.3 is 0 Å². The van der Waals surface area contributed by atoms with E-state index in [0.29, 0.717) is 6.10 Å². The summed E-state index contributed by atoms with van der Waals surface area (Å²) in [5, 5.41) is 3.01. The first-order valence-corrected chi connectivity index (χ1v) is 7.67. The van der Waals surface area contributed by atoms with Crippen molar-refractivity contribution in [2.24, 2.45) is 0 Å². The Hall–Kier alpha value is -0.860. The highest BCUT2D eigenvalue weighted by molar-refractivity contribution is 5.33. The van der Waals surface area contributed by atoms with Gasteiger partial charge in [-0.05, 0) is 35.3 Å². The topological polar surface area (TPSA) is 18.5 Å². The minimum absolute atomic E-state index is 0.378. The molecule has 0 spiro atoms. The molecule has 1 unspecified atom stereocenters. The van der Waals surface area contributed by atoms with Crippen LogP contribution in [0.5, 0.6) is 0 Å². The third-order valence-electron chi connectivity index (χ3n) is 3.71. The fourth-order valence-corrected chi connectivity index (χ4v) is 2.47. The van der Waals surface area contributed by atoms with Crippen LogP contribution in [0.15, 0.2) is 18.2 Å². The SMILES string of the molecule is CCCC1COCCO1.CCCCc1cc2ccc1=2. The zero-order valence-electron chi connectivity index (χ0n) is 12.3. The van der Waals surface area contributed by atoms with Gasteiger partial charge < -0.3 is 9.47 Å². The summed E-state index contributed by atoms with van der Waals surface area (Å²) in [6.07, 6.45) is 6.65. The van der Waals surface area contributed by atoms with E-state index in [1.54, 1.807) is 5.56 Å². The van der Waals surface area contributed by atoms with Crippen molar-refractivity contribution in [3.8, 4) is 0 Å². The third kappa shape index (κ3) is 4.05. The van der Waals surface area contributed by atoms with E-state index in [1.165, 1.54) is 36.1 Å². The largest absolute Gasteiger partial charge is 0.376 e. The fraction of sp³-hybridized carbons (Fsp3) is 0.647. The van der Waals surface area contributed by atoms with Gasteiger partial charge in [-0.2, -0.15) is 0 Å². The van der Waals surface area contributed by atoms with Crippen LogP contribution >= 0.6 is 0 Å². The van der Waals surface area contributed by atoms with E-state index in [0.717, 1.165) is 26.2 Å². The van der Waals surface area contributed by atoms with Crippen LogP contribution in [0.1, 0.15) is 45.1 Å². The Morgan fingerprint density at radius 3 is 2.53 bits per heavy atom. The Bertz CT molecular complexity index is 458. The van der Waals surface area contributed by atoms with E-state index in [-0.39, 0.29) is 0 Å². The Morgan fingerprint density at radius 2 is 2.05 bits per heavy atom. The van der Waals surface area contributed by atoms with Crippen LogP contribution in [-0.2, 0) is 15.9 Å². The monoisotopic (exact) mass is 262 g/mol. The number of hydrogen-bond donors (Lipinski definition) is 0. The van der Waals surface area contributed by atoms with E-state index >= 15 is 0 Å². The Labute approximate surface area is 116 Å². The highest BCUT2D eigenvalue weighted by atomic mass is 16.6. The maximum absolute atomic E-state index is 5.39. The van der Waals surface area contributed by atoms with E-state index in [2.05, 4.69) is 32.0 Å². The van der Waals surface area contributed by atoms with Gasteiger partial charge in [0, 0.05) is 0 Å². The predicted molar refractivity (Wildman–Crippen MR) is 78.2 cm³/mol. The second-order valence-corrected chi connectivity index (χ2v) is 5.33. The number of hydrogen-bond acceptors (Lipinski definition) is 2. The Kier molecular flexibility index (Phi) is 5.87. The predicted octanol–water partition coefficient (Wildman–Crippen LogP) is 3.83. The number of benzene rings is 1. The van der Waals surface area contributed by atoms with Gasteiger partial charge in [-0.15, -0.1) is 0 Å². The maximum Gasteiger partial charge on any atom is 0.0809 e. The molecule has 3 aliphatic rings. The quantitative estimate of drug-likeness (QED) is 0.815. The molecule has 1 fully saturated rings. The molecule has 1 atom stereocenters. The highest BCUT2D eigenvalue weighted by Gasteiger charge is 2.11. The van der Waals surface area contributed by atoms with Crippen molar-refractivity contribution in [2.45, 2.75) is 52.1 Å². The number of rotatable bonds is 5. The summed E-state index contributed by atoms with van der Waals surface area (Å²) in [6.45, 7) is 6.77. The average molecular weight is 262 g/mol. The standard InChI is InChI=1S/C10H12.C7H14O2/c1-2-3-4-8-7-9-5-6-10(8)9;1-2-3-7-6-8-4-5-9-7/h5-7H,2-4H2,1H3;7H,2-6H2,1H3. The molecule has 0 saturated carbocycles. The summed E-state index contributed by atoms with van der Waals surface area (Å²) in [5.41, 5.74) is 1.58. The summed E-state index contributed by atoms with van der Waals surface area (Å²) in [6, 6.07) is 6.72. The van der Waals surface area contributed by atoms with E-state index in [9.17, 15) is 0 Å². The molecule has 2 heteroatoms. The minimum atomic E-state index is 0.378. The van der Waals surface area contributed by atoms with E-state index in [1.807, 2.05) is 0 Å². The normalized spacial score (nSPS) is 19.6.